The van der Waals surface area contributed by atoms with Gasteiger partial charge in [0.1, 0.15) is 0 Å². The first kappa shape index (κ1) is 11.5. The van der Waals surface area contributed by atoms with E-state index in [4.69, 9.17) is 10.2 Å². The maximum absolute atomic E-state index is 9.98. The average molecular weight is 180 g/mol. The molecule has 0 amide bonds. The van der Waals surface area contributed by atoms with E-state index in [0.717, 1.165) is 12.5 Å². The van der Waals surface area contributed by atoms with Crippen LogP contribution >= 0.6 is 0 Å². The van der Waals surface area contributed by atoms with Crippen LogP contribution in [0, 0.1) is 11.8 Å². The number of carbonyl (C=O) groups is 1. The third kappa shape index (κ3) is 10.5. The van der Waals surface area contributed by atoms with Crippen molar-refractivity contribution in [3.8, 4) is 11.8 Å². The maximum atomic E-state index is 9.98. The van der Waals surface area contributed by atoms with Crippen molar-refractivity contribution in [3.05, 3.63) is 24.3 Å². The summed E-state index contributed by atoms with van der Waals surface area (Å²) >= 11 is 0. The molecule has 0 radical (unpaired) electrons. The molecule has 0 unspecified atom stereocenters. The average Bonchev–Trinajstić information content (AvgIpc) is 2.09. The van der Waals surface area contributed by atoms with E-state index >= 15 is 0 Å². The maximum Gasteiger partial charge on any atom is 0.328 e. The van der Waals surface area contributed by atoms with Crippen molar-refractivity contribution in [2.75, 3.05) is 6.61 Å². The summed E-state index contributed by atoms with van der Waals surface area (Å²) in [5.41, 5.74) is 0. The summed E-state index contributed by atoms with van der Waals surface area (Å²) in [6.45, 7) is 0.0480. The molecule has 0 saturated carbocycles. The summed E-state index contributed by atoms with van der Waals surface area (Å²) in [5, 5.41) is 16.6. The smallest absolute Gasteiger partial charge is 0.328 e. The van der Waals surface area contributed by atoms with Gasteiger partial charge in [0.25, 0.3) is 0 Å². The third-order valence-electron chi connectivity index (χ3n) is 1.12. The van der Waals surface area contributed by atoms with E-state index in [9.17, 15) is 4.79 Å². The van der Waals surface area contributed by atoms with Gasteiger partial charge >= 0.3 is 5.97 Å². The van der Waals surface area contributed by atoms with Crippen LogP contribution in [-0.4, -0.2) is 22.8 Å². The topological polar surface area (TPSA) is 57.5 Å². The van der Waals surface area contributed by atoms with Gasteiger partial charge < -0.3 is 10.2 Å². The molecule has 0 atom stereocenters. The molecule has 0 aromatic rings. The number of carboxylic acids is 1. The van der Waals surface area contributed by atoms with Crippen LogP contribution in [0.1, 0.15) is 12.8 Å². The van der Waals surface area contributed by atoms with Crippen LogP contribution in [0.4, 0.5) is 0 Å². The van der Waals surface area contributed by atoms with Gasteiger partial charge in [-0.15, -0.1) is 0 Å². The van der Waals surface area contributed by atoms with E-state index < -0.39 is 5.97 Å². The fourth-order valence-electron chi connectivity index (χ4n) is 0.592. The Morgan fingerprint density at radius 1 is 1.38 bits per heavy atom. The van der Waals surface area contributed by atoms with Crippen molar-refractivity contribution in [2.45, 2.75) is 12.8 Å². The van der Waals surface area contributed by atoms with Crippen LogP contribution in [0.3, 0.4) is 0 Å². The van der Waals surface area contributed by atoms with Crippen LogP contribution in [0.15, 0.2) is 24.3 Å². The Morgan fingerprint density at radius 2 is 2.15 bits per heavy atom. The zero-order valence-electron chi connectivity index (χ0n) is 7.23. The molecular weight excluding hydrogens is 168 g/mol. The molecular formula is C10H12O3. The van der Waals surface area contributed by atoms with Gasteiger partial charge in [0.05, 0.1) is 6.61 Å². The number of aliphatic carboxylic acids is 1. The minimum absolute atomic E-state index is 0.0480. The molecule has 0 spiro atoms. The van der Waals surface area contributed by atoms with Crippen molar-refractivity contribution in [1.82, 2.24) is 0 Å². The second-order valence-electron chi connectivity index (χ2n) is 2.19. The first-order valence-electron chi connectivity index (χ1n) is 3.91. The zero-order valence-corrected chi connectivity index (χ0v) is 7.23. The molecule has 2 N–H and O–H groups in total. The van der Waals surface area contributed by atoms with Gasteiger partial charge in [0, 0.05) is 12.5 Å². The van der Waals surface area contributed by atoms with E-state index in [0.29, 0.717) is 6.42 Å². The second kappa shape index (κ2) is 8.57. The Bertz CT molecular complexity index is 253. The Kier molecular flexibility index (Phi) is 7.56. The second-order valence-corrected chi connectivity index (χ2v) is 2.19. The van der Waals surface area contributed by atoms with Gasteiger partial charge in [-0.1, -0.05) is 24.0 Å². The standard InChI is InChI=1S/C10H12O3/c11-9-7-5-3-1-2-4-6-8-10(12)13/h5-8,11H,1,3,9H2,(H,12,13)/b7-5+,8-6+. The third-order valence-corrected chi connectivity index (χ3v) is 1.12. The molecule has 13 heavy (non-hydrogen) atoms. The molecule has 0 fully saturated rings. The van der Waals surface area contributed by atoms with Crippen LogP contribution in [0.25, 0.3) is 0 Å². The molecule has 0 rings (SSSR count). The number of aliphatic hydroxyl groups excluding tert-OH is 1. The predicted molar refractivity (Wildman–Crippen MR) is 50.0 cm³/mol. The number of rotatable bonds is 4. The fourth-order valence-corrected chi connectivity index (χ4v) is 0.592. The molecule has 0 aromatic carbocycles. The normalized spacial score (nSPS) is 10.2. The lowest BCUT2D eigenvalue weighted by molar-refractivity contribution is -0.131. The molecule has 0 bridgehead atoms. The van der Waals surface area contributed by atoms with E-state index in [1.165, 1.54) is 6.08 Å². The number of carboxylic acid groups (broad SMARTS) is 1. The molecule has 0 saturated heterocycles. The highest BCUT2D eigenvalue weighted by Crippen LogP contribution is 1.87. The lowest BCUT2D eigenvalue weighted by atomic mass is 10.3. The van der Waals surface area contributed by atoms with Gasteiger partial charge in [-0.2, -0.15) is 0 Å². The van der Waals surface area contributed by atoms with Gasteiger partial charge in [0.15, 0.2) is 0 Å². The number of aliphatic hydroxyl groups is 1. The van der Waals surface area contributed by atoms with E-state index in [2.05, 4.69) is 11.8 Å². The molecule has 3 heteroatoms. The largest absolute Gasteiger partial charge is 0.478 e. The van der Waals surface area contributed by atoms with Crippen LogP contribution in [-0.2, 0) is 4.79 Å². The van der Waals surface area contributed by atoms with Crippen molar-refractivity contribution in [3.63, 3.8) is 0 Å². The summed E-state index contributed by atoms with van der Waals surface area (Å²) in [7, 11) is 0. The monoisotopic (exact) mass is 180 g/mol. The summed E-state index contributed by atoms with van der Waals surface area (Å²) < 4.78 is 0. The van der Waals surface area contributed by atoms with E-state index in [1.54, 1.807) is 6.08 Å². The number of unbranched alkanes of at least 4 members (excludes halogenated alkanes) is 1. The Balaban J connectivity index is 3.51. The van der Waals surface area contributed by atoms with E-state index in [1.807, 2.05) is 6.08 Å². The van der Waals surface area contributed by atoms with Crippen LogP contribution in [0.5, 0.6) is 0 Å². The molecule has 0 aliphatic carbocycles. The highest BCUT2D eigenvalue weighted by molar-refractivity contribution is 5.80. The van der Waals surface area contributed by atoms with Crippen LogP contribution in [0.2, 0.25) is 0 Å². The Labute approximate surface area is 77.4 Å². The number of hydrogen-bond donors (Lipinski definition) is 2. The predicted octanol–water partition coefficient (Wildman–Crippen LogP) is 0.959. The minimum Gasteiger partial charge on any atom is -0.478 e. The number of allylic oxidation sites excluding steroid dienone is 2. The van der Waals surface area contributed by atoms with Crippen molar-refractivity contribution < 1.29 is 15.0 Å². The highest BCUT2D eigenvalue weighted by Gasteiger charge is 1.79. The summed E-state index contributed by atoms with van der Waals surface area (Å²) in [6, 6.07) is 0. The van der Waals surface area contributed by atoms with Gasteiger partial charge in [0.2, 0.25) is 0 Å². The zero-order chi connectivity index (χ0) is 9.94. The summed E-state index contributed by atoms with van der Waals surface area (Å²) in [6.07, 6.45) is 7.22. The fraction of sp³-hybridized carbons (Fsp3) is 0.300. The molecule has 0 aromatic heterocycles. The lowest BCUT2D eigenvalue weighted by Gasteiger charge is -1.81. The Morgan fingerprint density at radius 3 is 2.77 bits per heavy atom. The molecule has 0 heterocycles. The summed E-state index contributed by atoms with van der Waals surface area (Å²) in [4.78, 5) is 9.98. The minimum atomic E-state index is -0.991. The SMILES string of the molecule is O=C(O)/C=C/C#CCC/C=C/CO. The first-order valence-corrected chi connectivity index (χ1v) is 3.91. The van der Waals surface area contributed by atoms with E-state index in [-0.39, 0.29) is 6.61 Å². The number of hydrogen-bond acceptors (Lipinski definition) is 2. The molecule has 0 aliphatic rings. The van der Waals surface area contributed by atoms with Crippen LogP contribution < -0.4 is 0 Å². The first-order chi connectivity index (χ1) is 6.27. The lowest BCUT2D eigenvalue weighted by Crippen LogP contribution is -1.84. The van der Waals surface area contributed by atoms with Crippen molar-refractivity contribution in [2.24, 2.45) is 0 Å². The highest BCUT2D eigenvalue weighted by atomic mass is 16.4. The summed E-state index contributed by atoms with van der Waals surface area (Å²) in [5.74, 6) is 4.36. The van der Waals surface area contributed by atoms with Crippen molar-refractivity contribution >= 4 is 5.97 Å². The van der Waals surface area contributed by atoms with Gasteiger partial charge in [-0.05, 0) is 12.5 Å². The quantitative estimate of drug-likeness (QED) is 0.293. The molecule has 0 aliphatic heterocycles. The van der Waals surface area contributed by atoms with Crippen molar-refractivity contribution in [1.29, 1.82) is 0 Å². The Hall–Kier alpha value is -1.53. The van der Waals surface area contributed by atoms with Gasteiger partial charge in [-0.3, -0.25) is 0 Å². The molecule has 70 valence electrons. The molecule has 3 nitrogen and oxygen atoms in total. The van der Waals surface area contributed by atoms with Gasteiger partial charge in [-0.25, -0.2) is 4.79 Å².